The van der Waals surface area contributed by atoms with Gasteiger partial charge in [0, 0.05) is 30.5 Å². The number of nitrogens with two attached hydrogens (primary N) is 1. The molecule has 0 radical (unpaired) electrons. The lowest BCUT2D eigenvalue weighted by Crippen LogP contribution is -2.27. The fourth-order valence-electron chi connectivity index (χ4n) is 2.22. The number of hydrogen-bond donors (Lipinski definition) is 1. The number of alkyl halides is 2. The highest BCUT2D eigenvalue weighted by atomic mass is 35.5. The number of amidine groups is 1. The first kappa shape index (κ1) is 20.4. The fraction of sp³-hybridized carbons (Fsp3) is 0.294. The van der Waals surface area contributed by atoms with Gasteiger partial charge in [0.2, 0.25) is 0 Å². The van der Waals surface area contributed by atoms with Gasteiger partial charge < -0.3 is 10.6 Å². The second-order valence-corrected chi connectivity index (χ2v) is 6.50. The van der Waals surface area contributed by atoms with Gasteiger partial charge in [-0.3, -0.25) is 0 Å². The number of rotatable bonds is 8. The van der Waals surface area contributed by atoms with Crippen LogP contribution in [0.3, 0.4) is 0 Å². The highest BCUT2D eigenvalue weighted by Crippen LogP contribution is 2.18. The van der Waals surface area contributed by atoms with E-state index in [-0.39, 0.29) is 11.0 Å². The Labute approximate surface area is 167 Å². The number of aromatic nitrogens is 2. The van der Waals surface area contributed by atoms with Crippen molar-refractivity contribution in [1.82, 2.24) is 9.97 Å². The number of halogens is 3. The molecular formula is C17H19Cl3N6. The number of nitrogens with zero attached hydrogens (tertiary/aromatic N) is 5. The molecule has 2 rings (SSSR count). The van der Waals surface area contributed by atoms with E-state index in [1.165, 1.54) is 12.4 Å². The maximum atomic E-state index is 5.86. The van der Waals surface area contributed by atoms with Gasteiger partial charge >= 0.3 is 0 Å². The van der Waals surface area contributed by atoms with Crippen LogP contribution in [0.1, 0.15) is 16.8 Å². The molecule has 0 aliphatic heterocycles. The lowest BCUT2D eigenvalue weighted by Gasteiger charge is -2.23. The van der Waals surface area contributed by atoms with E-state index < -0.39 is 0 Å². The average molecular weight is 414 g/mol. The van der Waals surface area contributed by atoms with E-state index in [2.05, 4.69) is 31.1 Å². The van der Waals surface area contributed by atoms with Crippen molar-refractivity contribution in [3.05, 3.63) is 52.6 Å². The zero-order chi connectivity index (χ0) is 18.9. The summed E-state index contributed by atoms with van der Waals surface area (Å²) in [5, 5.41) is 8.27. The summed E-state index contributed by atoms with van der Waals surface area (Å²) in [4.78, 5) is 10.1. The number of anilines is 1. The van der Waals surface area contributed by atoms with Gasteiger partial charge in [0.25, 0.3) is 0 Å². The zero-order valence-corrected chi connectivity index (χ0v) is 16.5. The molecule has 138 valence electrons. The molecule has 0 spiro atoms. The van der Waals surface area contributed by atoms with Crippen LogP contribution in [-0.4, -0.2) is 46.9 Å². The minimum absolute atomic E-state index is 0.162. The minimum Gasteiger partial charge on any atom is -0.380 e. The van der Waals surface area contributed by atoms with Crippen LogP contribution in [0, 0.1) is 6.92 Å². The first-order chi connectivity index (χ1) is 12.5. The number of hydrogen-bond acceptors (Lipinski definition) is 5. The van der Waals surface area contributed by atoms with Gasteiger partial charge in [-0.05, 0) is 30.2 Å². The molecule has 0 atom stereocenters. The van der Waals surface area contributed by atoms with Crippen LogP contribution in [0.25, 0.3) is 0 Å². The second-order valence-electron chi connectivity index (χ2n) is 5.36. The SMILES string of the molecule is Cc1cc(N(CCCl)CCCl)ccc1/C=N/N=C(\N)c1cnc(Cl)cn1. The van der Waals surface area contributed by atoms with Gasteiger partial charge in [-0.15, -0.1) is 28.3 Å². The van der Waals surface area contributed by atoms with Crippen LogP contribution in [0.15, 0.2) is 40.8 Å². The quantitative estimate of drug-likeness (QED) is 0.311. The molecule has 0 fully saturated rings. The van der Waals surface area contributed by atoms with Crippen LogP contribution < -0.4 is 10.6 Å². The van der Waals surface area contributed by atoms with E-state index in [0.29, 0.717) is 17.5 Å². The maximum absolute atomic E-state index is 5.86. The third kappa shape index (κ3) is 5.83. The summed E-state index contributed by atoms with van der Waals surface area (Å²) in [6, 6.07) is 6.04. The molecule has 6 nitrogen and oxygen atoms in total. The Kier molecular flexibility index (Phi) is 8.09. The van der Waals surface area contributed by atoms with Crippen molar-refractivity contribution < 1.29 is 0 Å². The summed E-state index contributed by atoms with van der Waals surface area (Å²) in [5.41, 5.74) is 9.31. The maximum Gasteiger partial charge on any atom is 0.173 e. The third-order valence-corrected chi connectivity index (χ3v) is 4.11. The van der Waals surface area contributed by atoms with E-state index in [1.54, 1.807) is 6.21 Å². The molecule has 1 heterocycles. The predicted octanol–water partition coefficient (Wildman–Crippen LogP) is 3.46. The largest absolute Gasteiger partial charge is 0.380 e. The monoisotopic (exact) mass is 412 g/mol. The van der Waals surface area contributed by atoms with Crippen molar-refractivity contribution >= 4 is 52.5 Å². The minimum atomic E-state index is 0.162. The molecule has 0 saturated carbocycles. The third-order valence-electron chi connectivity index (χ3n) is 3.57. The highest BCUT2D eigenvalue weighted by Gasteiger charge is 2.07. The van der Waals surface area contributed by atoms with Crippen LogP contribution in [-0.2, 0) is 0 Å². The fourth-order valence-corrected chi connectivity index (χ4v) is 2.73. The van der Waals surface area contributed by atoms with Gasteiger partial charge in [-0.1, -0.05) is 17.7 Å². The molecule has 0 saturated heterocycles. The van der Waals surface area contributed by atoms with E-state index in [9.17, 15) is 0 Å². The average Bonchev–Trinajstić information content (AvgIpc) is 2.63. The van der Waals surface area contributed by atoms with Crippen molar-refractivity contribution in [2.45, 2.75) is 6.92 Å². The molecule has 1 aromatic heterocycles. The van der Waals surface area contributed by atoms with Crippen molar-refractivity contribution in [3.63, 3.8) is 0 Å². The van der Waals surface area contributed by atoms with E-state index in [4.69, 9.17) is 40.5 Å². The lowest BCUT2D eigenvalue weighted by atomic mass is 10.1. The van der Waals surface area contributed by atoms with Crippen molar-refractivity contribution in [2.24, 2.45) is 15.9 Å². The predicted molar refractivity (Wildman–Crippen MR) is 110 cm³/mol. The molecule has 1 aromatic carbocycles. The molecule has 26 heavy (non-hydrogen) atoms. The Morgan fingerprint density at radius 3 is 2.50 bits per heavy atom. The molecule has 0 amide bonds. The van der Waals surface area contributed by atoms with Crippen LogP contribution in [0.5, 0.6) is 0 Å². The molecule has 0 bridgehead atoms. The first-order valence-electron chi connectivity index (χ1n) is 7.87. The van der Waals surface area contributed by atoms with Crippen LogP contribution >= 0.6 is 34.8 Å². The van der Waals surface area contributed by atoms with E-state index >= 15 is 0 Å². The van der Waals surface area contributed by atoms with E-state index in [1.807, 2.05) is 19.1 Å². The Morgan fingerprint density at radius 1 is 1.19 bits per heavy atom. The molecule has 9 heteroatoms. The zero-order valence-electron chi connectivity index (χ0n) is 14.2. The Morgan fingerprint density at radius 2 is 1.92 bits per heavy atom. The Hall–Kier alpha value is -1.89. The number of benzene rings is 1. The van der Waals surface area contributed by atoms with Crippen molar-refractivity contribution in [1.29, 1.82) is 0 Å². The lowest BCUT2D eigenvalue weighted by molar-refractivity contribution is 0.873. The highest BCUT2D eigenvalue weighted by molar-refractivity contribution is 6.29. The Bertz CT molecular complexity index is 771. The normalized spacial score (nSPS) is 11.9. The summed E-state index contributed by atoms with van der Waals surface area (Å²) in [6.45, 7) is 3.48. The molecule has 2 aromatic rings. The molecule has 0 unspecified atom stereocenters. The van der Waals surface area contributed by atoms with Gasteiger partial charge in [0.15, 0.2) is 5.84 Å². The second kappa shape index (κ2) is 10.3. The van der Waals surface area contributed by atoms with E-state index in [0.717, 1.165) is 29.9 Å². The number of aryl methyl sites for hydroxylation is 1. The summed E-state index contributed by atoms with van der Waals surface area (Å²) in [7, 11) is 0. The summed E-state index contributed by atoms with van der Waals surface area (Å²) in [6.07, 6.45) is 4.49. The Balaban J connectivity index is 2.12. The molecule has 2 N–H and O–H groups in total. The molecule has 0 aliphatic carbocycles. The van der Waals surface area contributed by atoms with Gasteiger partial charge in [0.05, 0.1) is 18.6 Å². The van der Waals surface area contributed by atoms with Crippen molar-refractivity contribution in [3.8, 4) is 0 Å². The smallest absolute Gasteiger partial charge is 0.173 e. The van der Waals surface area contributed by atoms with Crippen molar-refractivity contribution in [2.75, 3.05) is 29.7 Å². The van der Waals surface area contributed by atoms with Gasteiger partial charge in [-0.2, -0.15) is 5.10 Å². The summed E-state index contributed by atoms with van der Waals surface area (Å²) >= 11 is 17.4. The van der Waals surface area contributed by atoms with Crippen LogP contribution in [0.4, 0.5) is 5.69 Å². The standard InChI is InChI=1S/C17H19Cl3N6/c1-12-8-14(26(6-4-18)7-5-19)3-2-13(12)9-24-25-17(21)15-10-23-16(20)11-22-15/h2-3,8-11H,4-7H2,1H3,(H2,21,25)/b24-9+. The molecular weight excluding hydrogens is 395 g/mol. The molecule has 0 aliphatic rings. The first-order valence-corrected chi connectivity index (χ1v) is 9.31. The summed E-state index contributed by atoms with van der Waals surface area (Å²) < 4.78 is 0. The van der Waals surface area contributed by atoms with Gasteiger partial charge in [0.1, 0.15) is 10.8 Å². The topological polar surface area (TPSA) is 79.8 Å². The summed E-state index contributed by atoms with van der Waals surface area (Å²) in [5.74, 6) is 1.25. The van der Waals surface area contributed by atoms with Crippen LogP contribution in [0.2, 0.25) is 5.15 Å². The van der Waals surface area contributed by atoms with Gasteiger partial charge in [-0.25, -0.2) is 9.97 Å².